The summed E-state index contributed by atoms with van der Waals surface area (Å²) in [5, 5.41) is 7.97. The minimum absolute atomic E-state index is 0.464. The van der Waals surface area contributed by atoms with Crippen molar-refractivity contribution < 1.29 is 4.74 Å². The van der Waals surface area contributed by atoms with Crippen molar-refractivity contribution in [1.82, 2.24) is 20.1 Å². The van der Waals surface area contributed by atoms with Crippen molar-refractivity contribution in [3.63, 3.8) is 0 Å². The van der Waals surface area contributed by atoms with Gasteiger partial charge in [-0.05, 0) is 24.5 Å². The van der Waals surface area contributed by atoms with Crippen LogP contribution in [0, 0.1) is 11.8 Å². The highest BCUT2D eigenvalue weighted by Crippen LogP contribution is 2.37. The van der Waals surface area contributed by atoms with Crippen molar-refractivity contribution in [2.75, 3.05) is 13.2 Å². The first kappa shape index (κ1) is 13.9. The lowest BCUT2D eigenvalue weighted by Gasteiger charge is -2.19. The molecule has 2 unspecified atom stereocenters. The third kappa shape index (κ3) is 3.05. The Morgan fingerprint density at radius 1 is 1.23 bits per heavy atom. The van der Waals surface area contributed by atoms with Gasteiger partial charge in [0, 0.05) is 42.7 Å². The maximum Gasteiger partial charge on any atom is 0.157 e. The van der Waals surface area contributed by atoms with Gasteiger partial charge in [0.15, 0.2) is 5.82 Å². The molecule has 0 radical (unpaired) electrons. The smallest absolute Gasteiger partial charge is 0.157 e. The molecule has 1 saturated heterocycles. The topological polar surface area (TPSA) is 52.0 Å². The maximum atomic E-state index is 5.69. The second kappa shape index (κ2) is 6.18. The van der Waals surface area contributed by atoms with Crippen LogP contribution in [0.4, 0.5) is 0 Å². The molecule has 0 aromatic carbocycles. The van der Waals surface area contributed by atoms with Crippen LogP contribution in [0.25, 0.3) is 5.82 Å². The zero-order chi connectivity index (χ0) is 14.8. The third-order valence-corrected chi connectivity index (χ3v) is 4.67. The summed E-state index contributed by atoms with van der Waals surface area (Å²) < 4.78 is 7.52. The van der Waals surface area contributed by atoms with Crippen LogP contribution in [0.3, 0.4) is 0 Å². The van der Waals surface area contributed by atoms with Crippen LogP contribution in [0.5, 0.6) is 0 Å². The Kier molecular flexibility index (Phi) is 3.91. The first-order valence-corrected chi connectivity index (χ1v) is 8.15. The molecule has 0 amide bonds. The Bertz CT molecular complexity index is 609. The summed E-state index contributed by atoms with van der Waals surface area (Å²) in [7, 11) is 0. The van der Waals surface area contributed by atoms with Gasteiger partial charge in [-0.25, -0.2) is 9.67 Å². The quantitative estimate of drug-likeness (QED) is 0.888. The van der Waals surface area contributed by atoms with E-state index < -0.39 is 0 Å². The second-order valence-electron chi connectivity index (χ2n) is 6.40. The van der Waals surface area contributed by atoms with Crippen molar-refractivity contribution in [3.8, 4) is 5.82 Å². The highest BCUT2D eigenvalue weighted by molar-refractivity contribution is 5.32. The maximum absolute atomic E-state index is 5.69. The molecule has 0 spiro atoms. The molecule has 1 saturated carbocycles. The minimum Gasteiger partial charge on any atom is -0.379 e. The molecule has 5 heteroatoms. The predicted octanol–water partition coefficient (Wildman–Crippen LogP) is 2.17. The van der Waals surface area contributed by atoms with Crippen molar-refractivity contribution in [1.29, 1.82) is 0 Å². The molecule has 0 bridgehead atoms. The lowest BCUT2D eigenvalue weighted by atomic mass is 9.97. The van der Waals surface area contributed by atoms with E-state index in [1.54, 1.807) is 6.20 Å². The molecule has 2 aromatic rings. The fourth-order valence-corrected chi connectivity index (χ4v) is 3.25. The summed E-state index contributed by atoms with van der Waals surface area (Å²) in [6.45, 7) is 2.54. The number of rotatable bonds is 6. The van der Waals surface area contributed by atoms with E-state index in [9.17, 15) is 0 Å². The summed E-state index contributed by atoms with van der Waals surface area (Å²) in [5.41, 5.74) is 1.17. The number of ether oxygens (including phenoxy) is 1. The van der Waals surface area contributed by atoms with Crippen molar-refractivity contribution in [2.45, 2.75) is 31.8 Å². The van der Waals surface area contributed by atoms with Gasteiger partial charge in [0.1, 0.15) is 0 Å². The molecule has 2 atom stereocenters. The van der Waals surface area contributed by atoms with E-state index in [1.165, 1.54) is 24.8 Å². The van der Waals surface area contributed by atoms with Crippen LogP contribution in [0.2, 0.25) is 0 Å². The molecule has 22 heavy (non-hydrogen) atoms. The Morgan fingerprint density at radius 2 is 2.18 bits per heavy atom. The van der Waals surface area contributed by atoms with Crippen molar-refractivity contribution in [3.05, 3.63) is 42.4 Å². The lowest BCUT2D eigenvalue weighted by molar-refractivity contribution is 0.180. The fraction of sp³-hybridized carbons (Fsp3) is 0.529. The third-order valence-electron chi connectivity index (χ3n) is 4.67. The van der Waals surface area contributed by atoms with Crippen LogP contribution in [-0.4, -0.2) is 34.0 Å². The minimum atomic E-state index is 0.464. The molecule has 5 nitrogen and oxygen atoms in total. The number of aromatic nitrogens is 3. The van der Waals surface area contributed by atoms with E-state index >= 15 is 0 Å². The SMILES string of the molecule is c1cnc(-n2cccn2)c(CNC2COCC2CC2CC2)c1. The Morgan fingerprint density at radius 3 is 3.00 bits per heavy atom. The second-order valence-corrected chi connectivity index (χ2v) is 6.40. The molecule has 2 fully saturated rings. The van der Waals surface area contributed by atoms with Gasteiger partial charge in [0.2, 0.25) is 0 Å². The monoisotopic (exact) mass is 298 g/mol. The number of nitrogens with zero attached hydrogens (tertiary/aromatic N) is 3. The first-order chi connectivity index (χ1) is 10.9. The van der Waals surface area contributed by atoms with E-state index in [4.69, 9.17) is 4.74 Å². The molecule has 2 aliphatic rings. The van der Waals surface area contributed by atoms with Crippen LogP contribution >= 0.6 is 0 Å². The number of hydrogen-bond acceptors (Lipinski definition) is 4. The van der Waals surface area contributed by atoms with E-state index in [-0.39, 0.29) is 0 Å². The van der Waals surface area contributed by atoms with Crippen LogP contribution in [0.15, 0.2) is 36.8 Å². The normalized spacial score (nSPS) is 24.7. The van der Waals surface area contributed by atoms with Gasteiger partial charge in [-0.3, -0.25) is 0 Å². The molecule has 2 aromatic heterocycles. The standard InChI is InChI=1S/C17H22N4O/c1-3-14(17(18-6-1)21-8-2-7-20-21)10-19-16-12-22-11-15(16)9-13-4-5-13/h1-3,6-8,13,15-16,19H,4-5,9-12H2. The summed E-state index contributed by atoms with van der Waals surface area (Å²) in [6.07, 6.45) is 9.67. The molecular formula is C17H22N4O. The fourth-order valence-electron chi connectivity index (χ4n) is 3.25. The Hall–Kier alpha value is -1.72. The Labute approximate surface area is 130 Å². The highest BCUT2D eigenvalue weighted by atomic mass is 16.5. The van der Waals surface area contributed by atoms with Gasteiger partial charge in [-0.15, -0.1) is 0 Å². The summed E-state index contributed by atoms with van der Waals surface area (Å²) in [6, 6.07) is 6.48. The summed E-state index contributed by atoms with van der Waals surface area (Å²) >= 11 is 0. The van der Waals surface area contributed by atoms with Crippen molar-refractivity contribution >= 4 is 0 Å². The van der Waals surface area contributed by atoms with E-state index in [0.29, 0.717) is 12.0 Å². The molecule has 1 aliphatic carbocycles. The molecular weight excluding hydrogens is 276 g/mol. The van der Waals surface area contributed by atoms with Gasteiger partial charge >= 0.3 is 0 Å². The molecule has 1 aliphatic heterocycles. The average Bonchev–Trinajstić information content (AvgIpc) is 3.02. The average molecular weight is 298 g/mol. The van der Waals surface area contributed by atoms with Gasteiger partial charge in [-0.2, -0.15) is 5.10 Å². The summed E-state index contributed by atoms with van der Waals surface area (Å²) in [4.78, 5) is 4.47. The zero-order valence-corrected chi connectivity index (χ0v) is 12.7. The van der Waals surface area contributed by atoms with E-state index in [1.807, 2.05) is 29.2 Å². The van der Waals surface area contributed by atoms with Gasteiger partial charge < -0.3 is 10.1 Å². The van der Waals surface area contributed by atoms with Crippen molar-refractivity contribution in [2.24, 2.45) is 11.8 Å². The van der Waals surface area contributed by atoms with Gasteiger partial charge in [-0.1, -0.05) is 18.9 Å². The number of pyridine rings is 1. The van der Waals surface area contributed by atoms with E-state index in [0.717, 1.165) is 31.5 Å². The molecule has 4 rings (SSSR count). The lowest BCUT2D eigenvalue weighted by Crippen LogP contribution is -2.35. The largest absolute Gasteiger partial charge is 0.379 e. The number of hydrogen-bond donors (Lipinski definition) is 1. The molecule has 3 heterocycles. The first-order valence-electron chi connectivity index (χ1n) is 8.15. The van der Waals surface area contributed by atoms with E-state index in [2.05, 4.69) is 21.5 Å². The van der Waals surface area contributed by atoms with Gasteiger partial charge in [0.05, 0.1) is 13.2 Å². The predicted molar refractivity (Wildman–Crippen MR) is 83.6 cm³/mol. The summed E-state index contributed by atoms with van der Waals surface area (Å²) in [5.74, 6) is 2.52. The number of nitrogens with one attached hydrogen (secondary N) is 1. The zero-order valence-electron chi connectivity index (χ0n) is 12.7. The molecule has 1 N–H and O–H groups in total. The van der Waals surface area contributed by atoms with Crippen LogP contribution in [0.1, 0.15) is 24.8 Å². The Balaban J connectivity index is 1.43. The van der Waals surface area contributed by atoms with Crippen LogP contribution < -0.4 is 5.32 Å². The molecule has 116 valence electrons. The highest BCUT2D eigenvalue weighted by Gasteiger charge is 2.33. The van der Waals surface area contributed by atoms with Crippen LogP contribution in [-0.2, 0) is 11.3 Å². The van der Waals surface area contributed by atoms with Gasteiger partial charge in [0.25, 0.3) is 0 Å².